The molecule has 0 aromatic heterocycles. The summed E-state index contributed by atoms with van der Waals surface area (Å²) < 4.78 is 0. The number of nitrogens with two attached hydrogens (primary N) is 1. The highest BCUT2D eigenvalue weighted by Gasteiger charge is 2.25. The van der Waals surface area contributed by atoms with E-state index in [0.29, 0.717) is 12.3 Å². The van der Waals surface area contributed by atoms with Crippen LogP contribution in [0.4, 0.5) is 0 Å². The highest BCUT2D eigenvalue weighted by atomic mass is 35.5. The number of hydrogen-bond acceptors (Lipinski definition) is 2. The van der Waals surface area contributed by atoms with Crippen molar-refractivity contribution in [2.24, 2.45) is 11.7 Å². The number of benzene rings is 1. The third-order valence-electron chi connectivity index (χ3n) is 4.03. The SMILES string of the molecule is Cc1ccc(CC(=O)N2CCCC(C(C)N)C2)cc1.Cl. The number of carbonyl (C=O) groups is 1. The maximum absolute atomic E-state index is 12.3. The van der Waals surface area contributed by atoms with Crippen molar-refractivity contribution in [1.82, 2.24) is 4.90 Å². The van der Waals surface area contributed by atoms with Crippen LogP contribution >= 0.6 is 12.4 Å². The largest absolute Gasteiger partial charge is 0.342 e. The molecule has 4 heteroatoms. The van der Waals surface area contributed by atoms with Gasteiger partial charge in [-0.2, -0.15) is 0 Å². The summed E-state index contributed by atoms with van der Waals surface area (Å²) in [4.78, 5) is 14.3. The highest BCUT2D eigenvalue weighted by Crippen LogP contribution is 2.19. The number of hydrogen-bond donors (Lipinski definition) is 1. The number of amides is 1. The van der Waals surface area contributed by atoms with E-state index in [-0.39, 0.29) is 24.4 Å². The Morgan fingerprint density at radius 3 is 2.65 bits per heavy atom. The van der Waals surface area contributed by atoms with Crippen LogP contribution in [0.15, 0.2) is 24.3 Å². The van der Waals surface area contributed by atoms with E-state index in [2.05, 4.69) is 19.1 Å². The van der Waals surface area contributed by atoms with Crippen LogP contribution in [0.1, 0.15) is 30.9 Å². The van der Waals surface area contributed by atoms with Crippen LogP contribution in [-0.4, -0.2) is 29.9 Å². The smallest absolute Gasteiger partial charge is 0.226 e. The number of likely N-dealkylation sites (tertiary alicyclic amines) is 1. The molecule has 20 heavy (non-hydrogen) atoms. The van der Waals surface area contributed by atoms with Crippen molar-refractivity contribution in [2.45, 2.75) is 39.2 Å². The topological polar surface area (TPSA) is 46.3 Å². The van der Waals surface area contributed by atoms with E-state index < -0.39 is 0 Å². The monoisotopic (exact) mass is 296 g/mol. The first-order chi connectivity index (χ1) is 9.06. The molecule has 1 aliphatic heterocycles. The summed E-state index contributed by atoms with van der Waals surface area (Å²) in [5.74, 6) is 0.685. The molecule has 2 atom stereocenters. The molecular formula is C16H25ClN2O. The minimum Gasteiger partial charge on any atom is -0.342 e. The first-order valence-electron chi connectivity index (χ1n) is 7.15. The molecule has 1 amide bonds. The van der Waals surface area contributed by atoms with Crippen LogP contribution in [-0.2, 0) is 11.2 Å². The lowest BCUT2D eigenvalue weighted by Crippen LogP contribution is -2.45. The summed E-state index contributed by atoms with van der Waals surface area (Å²) in [6, 6.07) is 8.38. The van der Waals surface area contributed by atoms with Crippen molar-refractivity contribution >= 4 is 18.3 Å². The van der Waals surface area contributed by atoms with Gasteiger partial charge in [0.2, 0.25) is 5.91 Å². The summed E-state index contributed by atoms with van der Waals surface area (Å²) >= 11 is 0. The molecule has 2 unspecified atom stereocenters. The zero-order valence-electron chi connectivity index (χ0n) is 12.3. The number of carbonyl (C=O) groups excluding carboxylic acids is 1. The van der Waals surface area contributed by atoms with Crippen LogP contribution in [0.5, 0.6) is 0 Å². The lowest BCUT2D eigenvalue weighted by Gasteiger charge is -2.34. The lowest BCUT2D eigenvalue weighted by molar-refractivity contribution is -0.132. The van der Waals surface area contributed by atoms with Gasteiger partial charge in [-0.3, -0.25) is 4.79 Å². The average Bonchev–Trinajstić information content (AvgIpc) is 2.41. The van der Waals surface area contributed by atoms with Gasteiger partial charge in [0.15, 0.2) is 0 Å². The Kier molecular flexibility index (Phi) is 6.50. The number of halogens is 1. The lowest BCUT2D eigenvalue weighted by atomic mass is 9.92. The van der Waals surface area contributed by atoms with E-state index in [9.17, 15) is 4.79 Å². The fourth-order valence-corrected chi connectivity index (χ4v) is 2.66. The molecule has 0 bridgehead atoms. The van der Waals surface area contributed by atoms with E-state index in [4.69, 9.17) is 5.73 Å². The molecule has 1 aromatic carbocycles. The third-order valence-corrected chi connectivity index (χ3v) is 4.03. The molecule has 1 aliphatic rings. The van der Waals surface area contributed by atoms with Crippen molar-refractivity contribution in [3.63, 3.8) is 0 Å². The normalized spacial score (nSPS) is 20.1. The van der Waals surface area contributed by atoms with Crippen LogP contribution < -0.4 is 5.73 Å². The number of piperidine rings is 1. The molecule has 1 aromatic rings. The molecule has 2 N–H and O–H groups in total. The number of nitrogens with zero attached hydrogens (tertiary/aromatic N) is 1. The van der Waals surface area contributed by atoms with Gasteiger partial charge in [-0.25, -0.2) is 0 Å². The molecule has 0 saturated carbocycles. The maximum Gasteiger partial charge on any atom is 0.226 e. The standard InChI is InChI=1S/C16H24N2O.ClH/c1-12-5-7-14(8-6-12)10-16(19)18-9-3-4-15(11-18)13(2)17;/h5-8,13,15H,3-4,9-11,17H2,1-2H3;1H. The minimum atomic E-state index is 0. The summed E-state index contributed by atoms with van der Waals surface area (Å²) in [6.07, 6.45) is 2.73. The average molecular weight is 297 g/mol. The first-order valence-corrected chi connectivity index (χ1v) is 7.15. The second-order valence-electron chi connectivity index (χ2n) is 5.76. The van der Waals surface area contributed by atoms with Crippen LogP contribution in [0.25, 0.3) is 0 Å². The van der Waals surface area contributed by atoms with E-state index in [1.165, 1.54) is 5.56 Å². The molecule has 0 aliphatic carbocycles. The summed E-state index contributed by atoms with van der Waals surface area (Å²) in [5.41, 5.74) is 8.28. The molecule has 112 valence electrons. The van der Waals surface area contributed by atoms with Crippen LogP contribution in [0.2, 0.25) is 0 Å². The van der Waals surface area contributed by atoms with E-state index in [1.807, 2.05) is 24.0 Å². The predicted octanol–water partition coefficient (Wildman–Crippen LogP) is 2.55. The fourth-order valence-electron chi connectivity index (χ4n) is 2.66. The van der Waals surface area contributed by atoms with Gasteiger partial charge in [0.05, 0.1) is 6.42 Å². The van der Waals surface area contributed by atoms with Gasteiger partial charge in [0, 0.05) is 19.1 Å². The Balaban J connectivity index is 0.00000200. The summed E-state index contributed by atoms with van der Waals surface area (Å²) in [6.45, 7) is 5.80. The van der Waals surface area contributed by atoms with Crippen molar-refractivity contribution < 1.29 is 4.79 Å². The van der Waals surface area contributed by atoms with Gasteiger partial charge in [0.25, 0.3) is 0 Å². The van der Waals surface area contributed by atoms with Crippen molar-refractivity contribution in [1.29, 1.82) is 0 Å². The third kappa shape index (κ3) is 4.50. The van der Waals surface area contributed by atoms with Crippen molar-refractivity contribution in [3.05, 3.63) is 35.4 Å². The van der Waals surface area contributed by atoms with Gasteiger partial charge in [-0.1, -0.05) is 29.8 Å². The molecule has 2 rings (SSSR count). The van der Waals surface area contributed by atoms with Crippen LogP contribution in [0.3, 0.4) is 0 Å². The molecule has 1 saturated heterocycles. The van der Waals surface area contributed by atoms with Gasteiger partial charge in [-0.05, 0) is 38.2 Å². The molecule has 1 fully saturated rings. The van der Waals surface area contributed by atoms with Gasteiger partial charge >= 0.3 is 0 Å². The van der Waals surface area contributed by atoms with E-state index in [1.54, 1.807) is 0 Å². The highest BCUT2D eigenvalue weighted by molar-refractivity contribution is 5.85. The van der Waals surface area contributed by atoms with Crippen LogP contribution in [0, 0.1) is 12.8 Å². The zero-order valence-corrected chi connectivity index (χ0v) is 13.2. The van der Waals surface area contributed by atoms with Gasteiger partial charge in [-0.15, -0.1) is 12.4 Å². The van der Waals surface area contributed by atoms with Gasteiger partial charge in [0.1, 0.15) is 0 Å². The Labute approximate surface area is 127 Å². The molecule has 1 heterocycles. The first kappa shape index (κ1) is 17.0. The summed E-state index contributed by atoms with van der Waals surface area (Å²) in [5, 5.41) is 0. The number of rotatable bonds is 3. The zero-order chi connectivity index (χ0) is 13.8. The van der Waals surface area contributed by atoms with E-state index in [0.717, 1.165) is 31.5 Å². The predicted molar refractivity (Wildman–Crippen MR) is 85.1 cm³/mol. The van der Waals surface area contributed by atoms with E-state index >= 15 is 0 Å². The Morgan fingerprint density at radius 2 is 2.05 bits per heavy atom. The second kappa shape index (κ2) is 7.65. The fraction of sp³-hybridized carbons (Fsp3) is 0.562. The molecule has 0 radical (unpaired) electrons. The van der Waals surface area contributed by atoms with Crippen molar-refractivity contribution in [2.75, 3.05) is 13.1 Å². The second-order valence-corrected chi connectivity index (χ2v) is 5.76. The number of aryl methyl sites for hydroxylation is 1. The van der Waals surface area contributed by atoms with Crippen molar-refractivity contribution in [3.8, 4) is 0 Å². The quantitative estimate of drug-likeness (QED) is 0.932. The maximum atomic E-state index is 12.3. The molecule has 0 spiro atoms. The molecule has 3 nitrogen and oxygen atoms in total. The summed E-state index contributed by atoms with van der Waals surface area (Å²) in [7, 11) is 0. The Bertz CT molecular complexity index is 431. The minimum absolute atomic E-state index is 0. The Hall–Kier alpha value is -1.06. The molecular weight excluding hydrogens is 272 g/mol. The Morgan fingerprint density at radius 1 is 1.40 bits per heavy atom. The van der Waals surface area contributed by atoms with Gasteiger partial charge < -0.3 is 10.6 Å².